The van der Waals surface area contributed by atoms with E-state index in [1.807, 2.05) is 6.07 Å². The molecule has 0 bridgehead atoms. The lowest BCUT2D eigenvalue weighted by Gasteiger charge is -2.22. The minimum absolute atomic E-state index is 0.0357. The molecule has 1 aliphatic heterocycles. The Kier molecular flexibility index (Phi) is 7.34. The Balaban J connectivity index is 1.79. The monoisotopic (exact) mass is 372 g/mol. The molecule has 1 aromatic carbocycles. The van der Waals surface area contributed by atoms with Crippen LogP contribution in [0.1, 0.15) is 25.3 Å². The second kappa shape index (κ2) is 9.25. The maximum atomic E-state index is 11.9. The number of carbonyl (C=O) groups is 2. The van der Waals surface area contributed by atoms with Crippen LogP contribution in [-0.2, 0) is 20.7 Å². The Morgan fingerprint density at radius 1 is 1.33 bits per heavy atom. The number of hydrogen-bond donors (Lipinski definition) is 1. The molecular formula is C17H22Cl2N2O3. The van der Waals surface area contributed by atoms with E-state index >= 15 is 0 Å². The summed E-state index contributed by atoms with van der Waals surface area (Å²) in [5.41, 5.74) is 0.940. The molecule has 24 heavy (non-hydrogen) atoms. The summed E-state index contributed by atoms with van der Waals surface area (Å²) < 4.78 is 5.33. The molecule has 7 heteroatoms. The van der Waals surface area contributed by atoms with Crippen LogP contribution in [0.3, 0.4) is 0 Å². The number of ether oxygens (including phenoxy) is 1. The van der Waals surface area contributed by atoms with E-state index in [0.29, 0.717) is 42.7 Å². The molecule has 1 fully saturated rings. The first-order valence-electron chi connectivity index (χ1n) is 8.06. The van der Waals surface area contributed by atoms with Gasteiger partial charge in [-0.15, -0.1) is 0 Å². The van der Waals surface area contributed by atoms with Crippen molar-refractivity contribution < 1.29 is 14.3 Å². The first-order valence-corrected chi connectivity index (χ1v) is 8.81. The smallest absolute Gasteiger partial charge is 0.249 e. The third-order valence-corrected chi connectivity index (χ3v) is 4.60. The van der Waals surface area contributed by atoms with Crippen molar-refractivity contribution in [1.29, 1.82) is 0 Å². The average molecular weight is 373 g/mol. The summed E-state index contributed by atoms with van der Waals surface area (Å²) in [5, 5.41) is 4.01. The molecular weight excluding hydrogens is 351 g/mol. The zero-order valence-corrected chi connectivity index (χ0v) is 15.2. The summed E-state index contributed by atoms with van der Waals surface area (Å²) in [4.78, 5) is 25.3. The van der Waals surface area contributed by atoms with Gasteiger partial charge in [-0.2, -0.15) is 0 Å². The Labute approximate surface area is 152 Å². The van der Waals surface area contributed by atoms with Crippen LogP contribution in [0.4, 0.5) is 0 Å². The van der Waals surface area contributed by atoms with Gasteiger partial charge in [0.25, 0.3) is 0 Å². The van der Waals surface area contributed by atoms with Gasteiger partial charge in [0.15, 0.2) is 0 Å². The second-order valence-corrected chi connectivity index (χ2v) is 6.63. The number of carbonyl (C=O) groups excluding carboxylic acids is 2. The summed E-state index contributed by atoms with van der Waals surface area (Å²) >= 11 is 12.0. The van der Waals surface area contributed by atoms with Crippen LogP contribution in [0, 0.1) is 0 Å². The van der Waals surface area contributed by atoms with E-state index in [1.54, 1.807) is 17.0 Å². The molecule has 2 rings (SSSR count). The molecule has 0 aliphatic carbocycles. The van der Waals surface area contributed by atoms with Gasteiger partial charge in [-0.3, -0.25) is 9.59 Å². The molecule has 0 spiro atoms. The Morgan fingerprint density at radius 3 is 2.75 bits per heavy atom. The third kappa shape index (κ3) is 5.65. The lowest BCUT2D eigenvalue weighted by Crippen LogP contribution is -2.41. The Morgan fingerprint density at radius 2 is 2.12 bits per heavy atom. The van der Waals surface area contributed by atoms with E-state index in [9.17, 15) is 9.59 Å². The van der Waals surface area contributed by atoms with E-state index in [1.165, 1.54) is 6.92 Å². The number of nitrogens with one attached hydrogen (secondary N) is 1. The van der Waals surface area contributed by atoms with Crippen molar-refractivity contribution in [3.05, 3.63) is 33.8 Å². The molecule has 1 heterocycles. The third-order valence-electron chi connectivity index (χ3n) is 4.01. The van der Waals surface area contributed by atoms with Gasteiger partial charge in [0, 0.05) is 43.2 Å². The highest BCUT2D eigenvalue weighted by Gasteiger charge is 2.23. The molecule has 1 N–H and O–H groups in total. The fourth-order valence-electron chi connectivity index (χ4n) is 2.62. The van der Waals surface area contributed by atoms with Crippen LogP contribution in [0.5, 0.6) is 0 Å². The van der Waals surface area contributed by atoms with Gasteiger partial charge in [0.1, 0.15) is 6.10 Å². The molecule has 0 aromatic heterocycles. The topological polar surface area (TPSA) is 58.6 Å². The molecule has 0 radical (unpaired) electrons. The number of nitrogens with zero attached hydrogens (tertiary/aromatic N) is 1. The quantitative estimate of drug-likeness (QED) is 0.800. The largest absolute Gasteiger partial charge is 0.368 e. The fraction of sp³-hybridized carbons (Fsp3) is 0.529. The SMILES string of the molecule is CC(=O)N(CCNC(=O)C1CCCO1)CCc1ccc(Cl)cc1Cl. The first kappa shape index (κ1) is 19.0. The highest BCUT2D eigenvalue weighted by Crippen LogP contribution is 2.21. The predicted molar refractivity (Wildman–Crippen MR) is 94.4 cm³/mol. The molecule has 1 saturated heterocycles. The van der Waals surface area contributed by atoms with Crippen LogP contribution in [0.25, 0.3) is 0 Å². The van der Waals surface area contributed by atoms with Gasteiger partial charge < -0.3 is 15.0 Å². The van der Waals surface area contributed by atoms with E-state index in [2.05, 4.69) is 5.32 Å². The van der Waals surface area contributed by atoms with Crippen LogP contribution in [0.2, 0.25) is 10.0 Å². The van der Waals surface area contributed by atoms with Crippen molar-refractivity contribution in [1.82, 2.24) is 10.2 Å². The molecule has 1 atom stereocenters. The average Bonchev–Trinajstić information content (AvgIpc) is 3.06. The van der Waals surface area contributed by atoms with Crippen molar-refractivity contribution in [2.75, 3.05) is 26.2 Å². The highest BCUT2D eigenvalue weighted by molar-refractivity contribution is 6.35. The number of halogens is 2. The highest BCUT2D eigenvalue weighted by atomic mass is 35.5. The first-order chi connectivity index (χ1) is 11.5. The summed E-state index contributed by atoms with van der Waals surface area (Å²) in [7, 11) is 0. The zero-order valence-electron chi connectivity index (χ0n) is 13.7. The predicted octanol–water partition coefficient (Wildman–Crippen LogP) is 2.68. The Hall–Kier alpha value is -1.30. The molecule has 1 aromatic rings. The van der Waals surface area contributed by atoms with Gasteiger partial charge in [-0.25, -0.2) is 0 Å². The summed E-state index contributed by atoms with van der Waals surface area (Å²) in [5.74, 6) is -0.136. The Bertz CT molecular complexity index is 589. The van der Waals surface area contributed by atoms with Crippen molar-refractivity contribution in [2.24, 2.45) is 0 Å². The lowest BCUT2D eigenvalue weighted by atomic mass is 10.1. The zero-order chi connectivity index (χ0) is 17.5. The maximum Gasteiger partial charge on any atom is 0.249 e. The molecule has 0 saturated carbocycles. The molecule has 2 amide bonds. The number of benzene rings is 1. The van der Waals surface area contributed by atoms with Crippen LogP contribution in [-0.4, -0.2) is 49.1 Å². The second-order valence-electron chi connectivity index (χ2n) is 5.78. The van der Waals surface area contributed by atoms with Crippen molar-refractivity contribution >= 4 is 35.0 Å². The normalized spacial score (nSPS) is 16.9. The van der Waals surface area contributed by atoms with Gasteiger partial charge in [0.05, 0.1) is 0 Å². The van der Waals surface area contributed by atoms with E-state index < -0.39 is 0 Å². The van der Waals surface area contributed by atoms with Gasteiger partial charge >= 0.3 is 0 Å². The van der Waals surface area contributed by atoms with Crippen molar-refractivity contribution in [3.8, 4) is 0 Å². The summed E-state index contributed by atoms with van der Waals surface area (Å²) in [6.45, 7) is 3.56. The van der Waals surface area contributed by atoms with Gasteiger partial charge in [0.2, 0.25) is 11.8 Å². The molecule has 132 valence electrons. The van der Waals surface area contributed by atoms with Crippen LogP contribution >= 0.6 is 23.2 Å². The number of amides is 2. The summed E-state index contributed by atoms with van der Waals surface area (Å²) in [6.07, 6.45) is 1.97. The lowest BCUT2D eigenvalue weighted by molar-refractivity contribution is -0.132. The van der Waals surface area contributed by atoms with Crippen LogP contribution in [0.15, 0.2) is 18.2 Å². The van der Waals surface area contributed by atoms with E-state index in [0.717, 1.165) is 18.4 Å². The van der Waals surface area contributed by atoms with Crippen LogP contribution < -0.4 is 5.32 Å². The molecule has 5 nitrogen and oxygen atoms in total. The van der Waals surface area contributed by atoms with Crippen molar-refractivity contribution in [2.45, 2.75) is 32.3 Å². The van der Waals surface area contributed by atoms with Crippen molar-refractivity contribution in [3.63, 3.8) is 0 Å². The minimum Gasteiger partial charge on any atom is -0.368 e. The molecule has 1 unspecified atom stereocenters. The van der Waals surface area contributed by atoms with E-state index in [4.69, 9.17) is 27.9 Å². The molecule has 1 aliphatic rings. The maximum absolute atomic E-state index is 11.9. The standard InChI is InChI=1S/C17H22Cl2N2O3/c1-12(22)21(8-6-13-4-5-14(18)11-15(13)19)9-7-20-17(23)16-3-2-10-24-16/h4-5,11,16H,2-3,6-10H2,1H3,(H,20,23). The van der Waals surface area contributed by atoms with Gasteiger partial charge in [-0.1, -0.05) is 29.3 Å². The number of rotatable bonds is 7. The minimum atomic E-state index is -0.344. The number of hydrogen-bond acceptors (Lipinski definition) is 3. The summed E-state index contributed by atoms with van der Waals surface area (Å²) in [6, 6.07) is 5.34. The fourth-order valence-corrected chi connectivity index (χ4v) is 3.12. The van der Waals surface area contributed by atoms with Gasteiger partial charge in [-0.05, 0) is 37.0 Å². The van der Waals surface area contributed by atoms with E-state index in [-0.39, 0.29) is 17.9 Å².